The summed E-state index contributed by atoms with van der Waals surface area (Å²) in [6, 6.07) is 34.3. The second-order valence-corrected chi connectivity index (χ2v) is 14.9. The van der Waals surface area contributed by atoms with E-state index in [9.17, 15) is 5.26 Å². The minimum absolute atomic E-state index is 0. The second kappa shape index (κ2) is 15.6. The van der Waals surface area contributed by atoms with Crippen molar-refractivity contribution < 1.29 is 44.1 Å². The Bertz CT molecular complexity index is 3710. The van der Waals surface area contributed by atoms with E-state index in [-0.39, 0.29) is 65.9 Å². The van der Waals surface area contributed by atoms with Gasteiger partial charge in [-0.25, -0.2) is 4.98 Å². The van der Waals surface area contributed by atoms with Crippen LogP contribution in [-0.2, 0) is 26.5 Å². The molecule has 0 N–H and O–H groups in total. The molecule has 7 heteroatoms. The molecule has 0 radical (unpaired) electrons. The Morgan fingerprint density at radius 1 is 0.733 bits per heavy atom. The summed E-state index contributed by atoms with van der Waals surface area (Å²) >= 11 is 0. The van der Waals surface area contributed by atoms with Crippen molar-refractivity contribution in [1.82, 2.24) is 14.1 Å². The van der Waals surface area contributed by atoms with Gasteiger partial charge in [-0.15, -0.1) is 24.3 Å². The predicted molar refractivity (Wildman–Crippen MR) is 234 cm³/mol. The van der Waals surface area contributed by atoms with Crippen LogP contribution in [0.4, 0.5) is 0 Å². The molecule has 0 atom stereocenters. The van der Waals surface area contributed by atoms with Gasteiger partial charge in [-0.3, -0.25) is 4.57 Å². The van der Waals surface area contributed by atoms with Gasteiger partial charge < -0.3 is 13.9 Å². The number of fused-ring (bicyclic) bond motifs is 4. The minimum atomic E-state index is -0.586. The Morgan fingerprint density at radius 3 is 2.10 bits per heavy atom. The molecular formula is C53H37N5OPt-2. The Balaban J connectivity index is 0.00000608. The molecule has 0 aliphatic rings. The summed E-state index contributed by atoms with van der Waals surface area (Å²) in [7, 11) is 0. The van der Waals surface area contributed by atoms with E-state index >= 15 is 0 Å². The van der Waals surface area contributed by atoms with Gasteiger partial charge >= 0.3 is 0 Å². The fourth-order valence-electron chi connectivity index (χ4n) is 7.48. The molecule has 6 nitrogen and oxygen atoms in total. The van der Waals surface area contributed by atoms with Gasteiger partial charge in [0.1, 0.15) is 5.82 Å². The van der Waals surface area contributed by atoms with Crippen LogP contribution in [0.25, 0.3) is 72.3 Å². The van der Waals surface area contributed by atoms with Gasteiger partial charge in [0.2, 0.25) is 0 Å². The molecule has 0 amide bonds. The normalized spacial score (nSPS) is 13.8. The summed E-state index contributed by atoms with van der Waals surface area (Å²) in [5.41, 5.74) is 4.31. The van der Waals surface area contributed by atoms with Gasteiger partial charge in [-0.1, -0.05) is 153 Å². The molecule has 7 aromatic carbocycles. The zero-order valence-electron chi connectivity index (χ0n) is 42.4. The van der Waals surface area contributed by atoms with Gasteiger partial charge in [0.25, 0.3) is 6.33 Å². The smallest absolute Gasteiger partial charge is 0.268 e. The van der Waals surface area contributed by atoms with Crippen LogP contribution in [0.15, 0.2) is 170 Å². The molecule has 3 heterocycles. The van der Waals surface area contributed by atoms with E-state index in [4.69, 9.17) is 23.4 Å². The largest absolute Gasteiger partial charge is 0.510 e. The number of imidazole rings is 1. The molecule has 60 heavy (non-hydrogen) atoms. The Labute approximate surface area is 377 Å². The number of para-hydroxylation sites is 4. The average Bonchev–Trinajstić information content (AvgIpc) is 3.90. The fraction of sp³-hybridized carbons (Fsp3) is 0.0755. The molecule has 0 aliphatic heterocycles. The van der Waals surface area contributed by atoms with Crippen molar-refractivity contribution >= 4 is 32.8 Å². The van der Waals surface area contributed by atoms with Crippen molar-refractivity contribution in [3.63, 3.8) is 0 Å². The maximum atomic E-state index is 10.6. The maximum Gasteiger partial charge on any atom is 0.268 e. The summed E-state index contributed by atoms with van der Waals surface area (Å²) < 4.78 is 98.5. The molecule has 0 spiro atoms. The van der Waals surface area contributed by atoms with Gasteiger partial charge in [0.05, 0.1) is 36.5 Å². The van der Waals surface area contributed by atoms with Gasteiger partial charge in [-0.05, 0) is 68.1 Å². The van der Waals surface area contributed by atoms with E-state index in [1.165, 1.54) is 0 Å². The number of nitriles is 1. The zero-order valence-corrected chi connectivity index (χ0v) is 34.6. The maximum absolute atomic E-state index is 10.6. The Hall–Kier alpha value is -7.06. The van der Waals surface area contributed by atoms with Crippen molar-refractivity contribution in [3.8, 4) is 57.0 Å². The van der Waals surface area contributed by atoms with Crippen LogP contribution in [0, 0.1) is 29.8 Å². The number of hydrogen-bond acceptors (Lipinski definition) is 3. The van der Waals surface area contributed by atoms with Crippen molar-refractivity contribution in [3.05, 3.63) is 199 Å². The van der Waals surface area contributed by atoms with Crippen LogP contribution in [0.1, 0.15) is 45.6 Å². The number of hydrogen-bond donors (Lipinski definition) is 0. The molecule has 0 saturated carbocycles. The number of rotatable bonds is 7. The van der Waals surface area contributed by atoms with Crippen LogP contribution in [0.2, 0.25) is 0 Å². The van der Waals surface area contributed by atoms with E-state index in [1.54, 1.807) is 69.9 Å². The van der Waals surface area contributed by atoms with E-state index in [2.05, 4.69) is 45.3 Å². The predicted octanol–water partition coefficient (Wildman–Crippen LogP) is 12.1. The first-order chi connectivity index (χ1) is 33.0. The Morgan fingerprint density at radius 2 is 1.40 bits per heavy atom. The van der Waals surface area contributed by atoms with E-state index in [0.29, 0.717) is 39.0 Å². The summed E-state index contributed by atoms with van der Waals surface area (Å²) in [6.45, 7) is 6.40. The van der Waals surface area contributed by atoms with Gasteiger partial charge in [0, 0.05) is 44.3 Å². The van der Waals surface area contributed by atoms with Crippen molar-refractivity contribution in [1.29, 1.82) is 5.26 Å². The van der Waals surface area contributed by atoms with Crippen LogP contribution in [-0.4, -0.2) is 14.1 Å². The third-order valence-corrected chi connectivity index (χ3v) is 10.2. The van der Waals surface area contributed by atoms with Crippen LogP contribution in [0.5, 0.6) is 11.5 Å². The second-order valence-electron chi connectivity index (χ2n) is 14.9. The number of benzene rings is 7. The minimum Gasteiger partial charge on any atom is -0.510 e. The van der Waals surface area contributed by atoms with Crippen LogP contribution >= 0.6 is 0 Å². The van der Waals surface area contributed by atoms with Crippen molar-refractivity contribution in [2.45, 2.75) is 26.2 Å². The number of nitrogens with zero attached hydrogens (tertiary/aromatic N) is 5. The third-order valence-electron chi connectivity index (χ3n) is 10.2. The molecule has 292 valence electrons. The zero-order chi connectivity index (χ0) is 48.8. The fourth-order valence-corrected chi connectivity index (χ4v) is 7.48. The third kappa shape index (κ3) is 6.77. The molecular weight excluding hydrogens is 918 g/mol. The van der Waals surface area contributed by atoms with E-state index in [0.717, 1.165) is 16.5 Å². The van der Waals surface area contributed by atoms with E-state index in [1.807, 2.05) is 53.1 Å². The quantitative estimate of drug-likeness (QED) is 0.118. The van der Waals surface area contributed by atoms with Gasteiger partial charge in [0.15, 0.2) is 0 Å². The summed E-state index contributed by atoms with van der Waals surface area (Å²) in [5.74, 6) is 1.17. The molecule has 10 aromatic rings. The van der Waals surface area contributed by atoms with Crippen LogP contribution in [0.3, 0.4) is 0 Å². The number of aromatic nitrogens is 4. The number of ether oxygens (including phenoxy) is 1. The van der Waals surface area contributed by atoms with Gasteiger partial charge in [-0.2, -0.15) is 17.4 Å². The summed E-state index contributed by atoms with van der Waals surface area (Å²) in [4.78, 5) is 4.76. The first-order valence-corrected chi connectivity index (χ1v) is 18.8. The van der Waals surface area contributed by atoms with E-state index < -0.39 is 60.4 Å². The number of pyridine rings is 1. The topological polar surface area (TPSA) is 59.6 Å². The summed E-state index contributed by atoms with van der Waals surface area (Å²) in [6.07, 6.45) is 5.15. The molecule has 0 unspecified atom stereocenters. The Kier molecular flexibility index (Phi) is 7.38. The molecule has 0 fully saturated rings. The summed E-state index contributed by atoms with van der Waals surface area (Å²) in [5, 5.41) is 12.1. The molecule has 0 saturated heterocycles. The molecule has 3 aromatic heterocycles. The monoisotopic (exact) mass is 964 g/mol. The molecule has 0 bridgehead atoms. The first-order valence-electron chi connectivity index (χ1n) is 23.8. The molecule has 0 aliphatic carbocycles. The van der Waals surface area contributed by atoms with Crippen molar-refractivity contribution in [2.24, 2.45) is 0 Å². The molecule has 10 rings (SSSR count). The van der Waals surface area contributed by atoms with Crippen LogP contribution < -0.4 is 9.30 Å². The standard InChI is InChI=1S/C53H37N5O.Pt/c1-53(2,3)39-28-29-55-50(31-39)58-46-25-11-10-22-45(46)51-38(34-54)30-42(33-49(51)58)59-41-21-14-20-40(32-41)56-35-57(48-27-13-12-26-47(48)56)52-43(36-16-6-4-7-17-36)23-15-24-44(52)37-18-8-5-9-19-37;/h4-31H,1-3H3;/q-2;/i4D,5D,6D,7D,8D,9D,16D,17D,18D,19D;. The SMILES string of the molecule is [2H]c1c([2H])c([2H])c(-c2cccc(-c3c([2H])c([2H])c([2H])c([2H])c3[2H])c2-[n+]2[c-]n(-c3[c-]c(Oc4[c-]c5c(c(C#N)c4)c4ccccc4n5-c4cc(C(C)(C)C)ccn4)ccc3)c3ccccc32)c([2H])c1[2H].[Pt]. The first kappa shape index (κ1) is 28.4. The van der Waals surface area contributed by atoms with Crippen molar-refractivity contribution in [2.75, 3.05) is 0 Å². The average molecular weight is 965 g/mol.